The van der Waals surface area contributed by atoms with E-state index in [1.165, 1.54) is 0 Å². The van der Waals surface area contributed by atoms with Crippen LogP contribution in [-0.2, 0) is 5.54 Å². The Balaban J connectivity index is 2.10. The lowest BCUT2D eigenvalue weighted by atomic mass is 10.1. The van der Waals surface area contributed by atoms with Gasteiger partial charge in [-0.05, 0) is 24.5 Å². The first-order chi connectivity index (χ1) is 7.58. The van der Waals surface area contributed by atoms with Crippen LogP contribution in [0.3, 0.4) is 0 Å². The van der Waals surface area contributed by atoms with Crippen LogP contribution in [-0.4, -0.2) is 9.97 Å². The number of oxazole rings is 1. The van der Waals surface area contributed by atoms with E-state index in [4.69, 9.17) is 10.2 Å². The van der Waals surface area contributed by atoms with Crippen molar-refractivity contribution in [3.63, 3.8) is 0 Å². The molecule has 0 radical (unpaired) electrons. The standard InChI is InChI=1S/C12H15N3O/c1-7(2)10-15-9-5-8(12(13)3-4-12)6-14-11(9)16-10/h5-7H,3-4,13H2,1-2H3. The minimum absolute atomic E-state index is 0.155. The normalized spacial score (nSPS) is 18.2. The molecule has 2 aromatic heterocycles. The number of nitrogens with two attached hydrogens (primary N) is 1. The summed E-state index contributed by atoms with van der Waals surface area (Å²) in [6.45, 7) is 4.11. The van der Waals surface area contributed by atoms with Gasteiger partial charge in [-0.1, -0.05) is 13.8 Å². The van der Waals surface area contributed by atoms with Crippen molar-refractivity contribution in [3.05, 3.63) is 23.7 Å². The van der Waals surface area contributed by atoms with Gasteiger partial charge in [0, 0.05) is 17.7 Å². The Kier molecular flexibility index (Phi) is 1.86. The topological polar surface area (TPSA) is 64.9 Å². The zero-order valence-corrected chi connectivity index (χ0v) is 9.53. The SMILES string of the molecule is CC(C)c1nc2cc(C3(N)CC3)cnc2o1. The van der Waals surface area contributed by atoms with Crippen molar-refractivity contribution < 1.29 is 4.42 Å². The third-order valence-electron chi connectivity index (χ3n) is 3.12. The number of aromatic nitrogens is 2. The van der Waals surface area contributed by atoms with Gasteiger partial charge in [-0.15, -0.1) is 0 Å². The summed E-state index contributed by atoms with van der Waals surface area (Å²) in [5.41, 5.74) is 8.47. The first-order valence-electron chi connectivity index (χ1n) is 5.64. The summed E-state index contributed by atoms with van der Waals surface area (Å²) in [6, 6.07) is 2.00. The number of fused-ring (bicyclic) bond motifs is 1. The second-order valence-electron chi connectivity index (χ2n) is 4.91. The van der Waals surface area contributed by atoms with Crippen LogP contribution in [0.5, 0.6) is 0 Å². The van der Waals surface area contributed by atoms with E-state index in [-0.39, 0.29) is 11.5 Å². The van der Waals surface area contributed by atoms with E-state index in [1.807, 2.05) is 12.3 Å². The molecule has 0 bridgehead atoms. The smallest absolute Gasteiger partial charge is 0.246 e. The summed E-state index contributed by atoms with van der Waals surface area (Å²) in [6.07, 6.45) is 3.88. The van der Waals surface area contributed by atoms with Crippen LogP contribution in [0.1, 0.15) is 44.1 Å². The van der Waals surface area contributed by atoms with Gasteiger partial charge < -0.3 is 10.2 Å². The number of rotatable bonds is 2. The van der Waals surface area contributed by atoms with E-state index < -0.39 is 0 Å². The Hall–Kier alpha value is -1.42. The first-order valence-corrected chi connectivity index (χ1v) is 5.64. The van der Waals surface area contributed by atoms with Crippen molar-refractivity contribution in [2.24, 2.45) is 5.73 Å². The lowest BCUT2D eigenvalue weighted by Crippen LogP contribution is -2.18. The molecular weight excluding hydrogens is 202 g/mol. The highest BCUT2D eigenvalue weighted by Gasteiger charge is 2.40. The lowest BCUT2D eigenvalue weighted by molar-refractivity contribution is 0.494. The maximum Gasteiger partial charge on any atom is 0.246 e. The minimum Gasteiger partial charge on any atom is -0.422 e. The number of nitrogens with zero attached hydrogens (tertiary/aromatic N) is 2. The van der Waals surface area contributed by atoms with Gasteiger partial charge in [0.05, 0.1) is 0 Å². The molecule has 1 aliphatic rings. The predicted octanol–water partition coefficient (Wildman–Crippen LogP) is 2.29. The van der Waals surface area contributed by atoms with Crippen molar-refractivity contribution in [2.75, 3.05) is 0 Å². The second kappa shape index (κ2) is 3.04. The largest absolute Gasteiger partial charge is 0.422 e. The molecule has 3 rings (SSSR count). The summed E-state index contributed by atoms with van der Waals surface area (Å²) in [5, 5.41) is 0. The molecule has 2 heterocycles. The maximum absolute atomic E-state index is 6.13. The van der Waals surface area contributed by atoms with Crippen LogP contribution in [0, 0.1) is 0 Å². The Bertz CT molecular complexity index is 540. The zero-order valence-electron chi connectivity index (χ0n) is 9.53. The highest BCUT2D eigenvalue weighted by molar-refractivity contribution is 5.69. The van der Waals surface area contributed by atoms with Crippen LogP contribution < -0.4 is 5.73 Å². The van der Waals surface area contributed by atoms with Crippen molar-refractivity contribution in [1.82, 2.24) is 9.97 Å². The summed E-state index contributed by atoms with van der Waals surface area (Å²) < 4.78 is 5.55. The molecule has 84 valence electrons. The molecule has 0 amide bonds. The predicted molar refractivity (Wildman–Crippen MR) is 61.0 cm³/mol. The second-order valence-corrected chi connectivity index (χ2v) is 4.91. The molecule has 0 atom stereocenters. The average Bonchev–Trinajstić information content (AvgIpc) is 2.86. The van der Waals surface area contributed by atoms with Crippen LogP contribution in [0.25, 0.3) is 11.2 Å². The quantitative estimate of drug-likeness (QED) is 0.838. The molecule has 0 spiro atoms. The number of pyridine rings is 1. The Labute approximate surface area is 93.9 Å². The third-order valence-corrected chi connectivity index (χ3v) is 3.12. The fourth-order valence-corrected chi connectivity index (χ4v) is 1.78. The fourth-order valence-electron chi connectivity index (χ4n) is 1.78. The van der Waals surface area contributed by atoms with Gasteiger partial charge >= 0.3 is 0 Å². The zero-order chi connectivity index (χ0) is 11.3. The highest BCUT2D eigenvalue weighted by Crippen LogP contribution is 2.42. The summed E-state index contributed by atoms with van der Waals surface area (Å²) in [7, 11) is 0. The molecule has 4 nitrogen and oxygen atoms in total. The Morgan fingerprint density at radius 1 is 1.44 bits per heavy atom. The molecular formula is C12H15N3O. The maximum atomic E-state index is 6.13. The fraction of sp³-hybridized carbons (Fsp3) is 0.500. The van der Waals surface area contributed by atoms with Gasteiger partial charge in [0.1, 0.15) is 5.52 Å². The van der Waals surface area contributed by atoms with Gasteiger partial charge in [0.15, 0.2) is 5.89 Å². The number of hydrogen-bond donors (Lipinski definition) is 1. The van der Waals surface area contributed by atoms with Crippen molar-refractivity contribution in [3.8, 4) is 0 Å². The van der Waals surface area contributed by atoms with E-state index in [9.17, 15) is 0 Å². The van der Waals surface area contributed by atoms with E-state index >= 15 is 0 Å². The summed E-state index contributed by atoms with van der Waals surface area (Å²) >= 11 is 0. The van der Waals surface area contributed by atoms with Crippen molar-refractivity contribution in [2.45, 2.75) is 38.1 Å². The average molecular weight is 217 g/mol. The molecule has 1 saturated carbocycles. The molecule has 0 aromatic carbocycles. The molecule has 2 aromatic rings. The molecule has 1 aliphatic carbocycles. The lowest BCUT2D eigenvalue weighted by Gasteiger charge is -2.06. The summed E-state index contributed by atoms with van der Waals surface area (Å²) in [4.78, 5) is 8.71. The summed E-state index contributed by atoms with van der Waals surface area (Å²) in [5.74, 6) is 1.02. The van der Waals surface area contributed by atoms with Gasteiger partial charge in [-0.3, -0.25) is 0 Å². The molecule has 4 heteroatoms. The van der Waals surface area contributed by atoms with Crippen molar-refractivity contribution in [1.29, 1.82) is 0 Å². The Morgan fingerprint density at radius 2 is 2.19 bits per heavy atom. The van der Waals surface area contributed by atoms with Crippen LogP contribution in [0.15, 0.2) is 16.7 Å². The third kappa shape index (κ3) is 1.41. The molecule has 0 saturated heterocycles. The van der Waals surface area contributed by atoms with E-state index in [0.29, 0.717) is 5.71 Å². The van der Waals surface area contributed by atoms with Crippen LogP contribution >= 0.6 is 0 Å². The van der Waals surface area contributed by atoms with Gasteiger partial charge in [-0.2, -0.15) is 0 Å². The molecule has 2 N–H and O–H groups in total. The molecule has 0 aliphatic heterocycles. The number of hydrogen-bond acceptors (Lipinski definition) is 4. The monoisotopic (exact) mass is 217 g/mol. The van der Waals surface area contributed by atoms with E-state index in [2.05, 4.69) is 23.8 Å². The molecule has 1 fully saturated rings. The van der Waals surface area contributed by atoms with Gasteiger partial charge in [0.2, 0.25) is 5.71 Å². The molecule has 0 unspecified atom stereocenters. The van der Waals surface area contributed by atoms with Crippen LogP contribution in [0.2, 0.25) is 0 Å². The molecule has 16 heavy (non-hydrogen) atoms. The van der Waals surface area contributed by atoms with E-state index in [0.717, 1.165) is 29.8 Å². The van der Waals surface area contributed by atoms with Gasteiger partial charge in [0.25, 0.3) is 0 Å². The van der Waals surface area contributed by atoms with Crippen molar-refractivity contribution >= 4 is 11.2 Å². The first kappa shape index (κ1) is 9.78. The van der Waals surface area contributed by atoms with Crippen LogP contribution in [0.4, 0.5) is 0 Å². The highest BCUT2D eigenvalue weighted by atomic mass is 16.4. The minimum atomic E-state index is -0.155. The Morgan fingerprint density at radius 3 is 2.81 bits per heavy atom. The van der Waals surface area contributed by atoms with Gasteiger partial charge in [-0.25, -0.2) is 9.97 Å². The van der Waals surface area contributed by atoms with E-state index in [1.54, 1.807) is 0 Å².